The molecule has 29 heavy (non-hydrogen) atoms. The van der Waals surface area contributed by atoms with Gasteiger partial charge in [-0.2, -0.15) is 0 Å². The Balaban J connectivity index is 1.55. The Morgan fingerprint density at radius 2 is 1.62 bits per heavy atom. The molecule has 2 unspecified atom stereocenters. The van der Waals surface area contributed by atoms with Gasteiger partial charge in [0.15, 0.2) is 0 Å². The first kappa shape index (κ1) is 21.0. The zero-order chi connectivity index (χ0) is 20.8. The Kier molecular flexibility index (Phi) is 5.67. The van der Waals surface area contributed by atoms with Crippen molar-refractivity contribution in [1.82, 2.24) is 9.62 Å². The summed E-state index contributed by atoms with van der Waals surface area (Å²) < 4.78 is 14.5. The maximum Gasteiger partial charge on any atom is 0.239 e. The van der Waals surface area contributed by atoms with Crippen LogP contribution >= 0.6 is 0 Å². The lowest BCUT2D eigenvalue weighted by Crippen LogP contribution is -2.63. The van der Waals surface area contributed by atoms with Crippen LogP contribution in [-0.4, -0.2) is 37.8 Å². The van der Waals surface area contributed by atoms with Gasteiger partial charge in [0, 0.05) is 12.6 Å². The van der Waals surface area contributed by atoms with Crippen LogP contribution in [0.15, 0.2) is 30.3 Å². The molecule has 0 aromatic heterocycles. The Morgan fingerprint density at radius 3 is 2.10 bits per heavy atom. The second-order valence-electron chi connectivity index (χ2n) is 10.8. The molecule has 2 atom stereocenters. The van der Waals surface area contributed by atoms with Crippen LogP contribution in [0.4, 0.5) is 0 Å². The van der Waals surface area contributed by atoms with Crippen molar-refractivity contribution in [3.8, 4) is 0 Å². The van der Waals surface area contributed by atoms with Crippen molar-refractivity contribution in [3.05, 3.63) is 35.9 Å². The number of benzene rings is 1. The molecule has 4 fully saturated rings. The summed E-state index contributed by atoms with van der Waals surface area (Å²) >= 11 is 0. The van der Waals surface area contributed by atoms with Crippen LogP contribution in [0.1, 0.15) is 64.9 Å². The first-order chi connectivity index (χ1) is 13.7. The highest BCUT2D eigenvalue weighted by molar-refractivity contribution is 7.84. The summed E-state index contributed by atoms with van der Waals surface area (Å²) in [4.78, 5) is 13.6. The minimum Gasteiger partial charge on any atom is -0.349 e. The molecule has 4 aliphatic carbocycles. The highest BCUT2D eigenvalue weighted by Gasteiger charge is 2.52. The summed E-state index contributed by atoms with van der Waals surface area (Å²) in [6.45, 7) is 5.91. The molecule has 0 saturated heterocycles. The van der Waals surface area contributed by atoms with Crippen molar-refractivity contribution in [2.45, 2.75) is 82.0 Å². The van der Waals surface area contributed by atoms with Crippen LogP contribution in [-0.2, 0) is 22.2 Å². The van der Waals surface area contributed by atoms with Crippen LogP contribution in [0.2, 0.25) is 0 Å². The largest absolute Gasteiger partial charge is 0.349 e. The number of nitrogens with one attached hydrogen (secondary N) is 1. The molecule has 5 heteroatoms. The summed E-state index contributed by atoms with van der Waals surface area (Å²) in [5, 5.41) is 3.52. The Morgan fingerprint density at radius 1 is 1.10 bits per heavy atom. The quantitative estimate of drug-likeness (QED) is 0.760. The van der Waals surface area contributed by atoms with Crippen LogP contribution in [0.3, 0.4) is 0 Å². The van der Waals surface area contributed by atoms with Crippen LogP contribution in [0, 0.1) is 17.8 Å². The molecule has 0 heterocycles. The van der Waals surface area contributed by atoms with Crippen LogP contribution in [0.25, 0.3) is 0 Å². The molecule has 1 aromatic rings. The van der Waals surface area contributed by atoms with Gasteiger partial charge >= 0.3 is 0 Å². The number of carbonyl (C=O) groups excluding carboxylic acids is 1. The van der Waals surface area contributed by atoms with Crippen molar-refractivity contribution < 1.29 is 9.00 Å². The van der Waals surface area contributed by atoms with Crippen molar-refractivity contribution in [2.75, 3.05) is 7.05 Å². The van der Waals surface area contributed by atoms with E-state index in [0.29, 0.717) is 6.42 Å². The number of hydrogen-bond donors (Lipinski definition) is 1. The van der Waals surface area contributed by atoms with E-state index in [-0.39, 0.29) is 11.4 Å². The SMILES string of the molecule is CN(C(Cc1ccccc1)C(=O)NC12CC3CC(CC(C3)C1)C2)S(=O)C(C)(C)C. The first-order valence-corrected chi connectivity index (χ1v) is 12.3. The van der Waals surface area contributed by atoms with Gasteiger partial charge in [-0.1, -0.05) is 30.3 Å². The Bertz CT molecular complexity index is 736. The minimum absolute atomic E-state index is 0.0230. The molecule has 4 saturated carbocycles. The zero-order valence-corrected chi connectivity index (χ0v) is 19.1. The number of carbonyl (C=O) groups is 1. The van der Waals surface area contributed by atoms with Gasteiger partial charge in [-0.15, -0.1) is 0 Å². The smallest absolute Gasteiger partial charge is 0.239 e. The molecular formula is C24H36N2O2S. The lowest BCUT2D eigenvalue weighted by atomic mass is 9.53. The van der Waals surface area contributed by atoms with E-state index in [4.69, 9.17) is 0 Å². The molecule has 0 aliphatic heterocycles. The molecule has 5 rings (SSSR count). The average Bonchev–Trinajstić information content (AvgIpc) is 2.63. The zero-order valence-electron chi connectivity index (χ0n) is 18.3. The third-order valence-electron chi connectivity index (χ3n) is 7.23. The number of likely N-dealkylation sites (N-methyl/N-ethyl adjacent to an activating group) is 1. The van der Waals surface area contributed by atoms with E-state index in [2.05, 4.69) is 17.4 Å². The second kappa shape index (κ2) is 7.81. The third-order valence-corrected chi connectivity index (χ3v) is 9.05. The average molecular weight is 417 g/mol. The van der Waals surface area contributed by atoms with Crippen molar-refractivity contribution >= 4 is 16.9 Å². The number of nitrogens with zero attached hydrogens (tertiary/aromatic N) is 1. The van der Waals surface area contributed by atoms with E-state index in [1.54, 1.807) is 4.31 Å². The molecule has 0 spiro atoms. The van der Waals surface area contributed by atoms with Crippen LogP contribution < -0.4 is 5.32 Å². The Labute approximate surface area is 178 Å². The van der Waals surface area contributed by atoms with Crippen molar-refractivity contribution in [3.63, 3.8) is 0 Å². The van der Waals surface area contributed by atoms with Gasteiger partial charge in [-0.25, -0.2) is 8.51 Å². The van der Waals surface area contributed by atoms with Gasteiger partial charge in [-0.05, 0) is 89.0 Å². The standard InChI is InChI=1S/C24H36N2O2S/c1-23(2,3)29(28)26(4)21(13-17-8-6-5-7-9-17)22(27)25-24-14-18-10-19(15-24)12-20(11-18)16-24/h5-9,18-21H,10-16H2,1-4H3,(H,25,27). The minimum atomic E-state index is -1.25. The second-order valence-corrected chi connectivity index (χ2v) is 13.1. The van der Waals surface area contributed by atoms with Crippen LogP contribution in [0.5, 0.6) is 0 Å². The molecule has 0 radical (unpaired) electrons. The number of rotatable bonds is 6. The Hall–Kier alpha value is -1.20. The summed E-state index contributed by atoms with van der Waals surface area (Å²) in [7, 11) is 0.594. The fourth-order valence-electron chi connectivity index (χ4n) is 6.38. The fraction of sp³-hybridized carbons (Fsp3) is 0.708. The fourth-order valence-corrected chi connectivity index (χ4v) is 7.65. The van der Waals surface area contributed by atoms with Crippen molar-refractivity contribution in [1.29, 1.82) is 0 Å². The molecule has 1 amide bonds. The molecule has 4 bridgehead atoms. The lowest BCUT2D eigenvalue weighted by molar-refractivity contribution is -0.130. The predicted octanol–water partition coefficient (Wildman–Crippen LogP) is 4.08. The molecule has 1 aromatic carbocycles. The van der Waals surface area contributed by atoms with Gasteiger partial charge in [0.05, 0.1) is 4.75 Å². The molecule has 4 nitrogen and oxygen atoms in total. The number of hydrogen-bond acceptors (Lipinski definition) is 2. The molecule has 4 aliphatic rings. The summed E-state index contributed by atoms with van der Waals surface area (Å²) in [6.07, 6.45) is 8.06. The number of amides is 1. The predicted molar refractivity (Wildman–Crippen MR) is 119 cm³/mol. The molecule has 1 N–H and O–H groups in total. The van der Waals surface area contributed by atoms with Gasteiger partial charge < -0.3 is 5.32 Å². The third kappa shape index (κ3) is 4.46. The van der Waals surface area contributed by atoms with E-state index in [1.807, 2.05) is 46.0 Å². The maximum absolute atomic E-state index is 13.6. The summed E-state index contributed by atoms with van der Waals surface area (Å²) in [6, 6.07) is 9.68. The normalized spacial score (nSPS) is 32.9. The van der Waals surface area contributed by atoms with E-state index in [0.717, 1.165) is 42.6 Å². The maximum atomic E-state index is 13.6. The van der Waals surface area contributed by atoms with Gasteiger partial charge in [0.25, 0.3) is 0 Å². The lowest BCUT2D eigenvalue weighted by Gasteiger charge is -2.57. The first-order valence-electron chi connectivity index (χ1n) is 11.2. The monoisotopic (exact) mass is 416 g/mol. The summed E-state index contributed by atoms with van der Waals surface area (Å²) in [5.74, 6) is 2.41. The molecule has 160 valence electrons. The highest BCUT2D eigenvalue weighted by Crippen LogP contribution is 2.55. The highest BCUT2D eigenvalue weighted by atomic mass is 32.2. The van der Waals surface area contributed by atoms with Crippen molar-refractivity contribution in [2.24, 2.45) is 17.8 Å². The molecular weight excluding hydrogens is 380 g/mol. The van der Waals surface area contributed by atoms with Gasteiger partial charge in [0.1, 0.15) is 17.0 Å². The van der Waals surface area contributed by atoms with E-state index in [1.165, 1.54) is 19.3 Å². The van der Waals surface area contributed by atoms with E-state index < -0.39 is 21.8 Å². The van der Waals surface area contributed by atoms with E-state index >= 15 is 0 Å². The van der Waals surface area contributed by atoms with Gasteiger partial charge in [0.2, 0.25) is 5.91 Å². The van der Waals surface area contributed by atoms with E-state index in [9.17, 15) is 9.00 Å². The summed E-state index contributed by atoms with van der Waals surface area (Å²) in [5.41, 5.74) is 1.08. The van der Waals surface area contributed by atoms with Gasteiger partial charge in [-0.3, -0.25) is 4.79 Å². The topological polar surface area (TPSA) is 49.4 Å².